The molecule has 0 aliphatic carbocycles. The van der Waals surface area contributed by atoms with E-state index < -0.39 is 0 Å². The van der Waals surface area contributed by atoms with Gasteiger partial charge in [-0.1, -0.05) is 36.4 Å². The first-order valence-corrected chi connectivity index (χ1v) is 7.77. The van der Waals surface area contributed by atoms with E-state index in [0.717, 1.165) is 36.1 Å². The minimum Gasteiger partial charge on any atom is -0.490 e. The van der Waals surface area contributed by atoms with Gasteiger partial charge in [-0.15, -0.1) is 0 Å². The Morgan fingerprint density at radius 2 is 2.10 bits per heavy atom. The van der Waals surface area contributed by atoms with Crippen molar-refractivity contribution in [2.24, 2.45) is 5.73 Å². The highest BCUT2D eigenvalue weighted by Crippen LogP contribution is 2.33. The zero-order chi connectivity index (χ0) is 14.7. The van der Waals surface area contributed by atoms with Crippen molar-refractivity contribution < 1.29 is 9.47 Å². The Morgan fingerprint density at radius 3 is 2.86 bits per heavy atom. The summed E-state index contributed by atoms with van der Waals surface area (Å²) in [5, 5.41) is 2.31. The van der Waals surface area contributed by atoms with Crippen LogP contribution in [0.2, 0.25) is 0 Å². The van der Waals surface area contributed by atoms with E-state index in [4.69, 9.17) is 15.2 Å². The molecule has 1 saturated heterocycles. The fraction of sp³-hybridized carbons (Fsp3) is 0.444. The first-order chi connectivity index (χ1) is 10.3. The van der Waals surface area contributed by atoms with Crippen molar-refractivity contribution in [3.63, 3.8) is 0 Å². The number of nitrogens with two attached hydrogens (primary N) is 1. The number of rotatable bonds is 4. The van der Waals surface area contributed by atoms with E-state index in [9.17, 15) is 0 Å². The summed E-state index contributed by atoms with van der Waals surface area (Å²) < 4.78 is 11.9. The third kappa shape index (κ3) is 3.20. The van der Waals surface area contributed by atoms with Crippen molar-refractivity contribution in [2.45, 2.75) is 38.3 Å². The maximum atomic E-state index is 6.15. The van der Waals surface area contributed by atoms with Crippen molar-refractivity contribution >= 4 is 10.8 Å². The molecule has 2 N–H and O–H groups in total. The Labute approximate surface area is 126 Å². The van der Waals surface area contributed by atoms with E-state index in [2.05, 4.69) is 24.3 Å². The van der Waals surface area contributed by atoms with Gasteiger partial charge in [-0.3, -0.25) is 0 Å². The smallest absolute Gasteiger partial charge is 0.132 e. The van der Waals surface area contributed by atoms with E-state index in [-0.39, 0.29) is 12.1 Å². The number of benzene rings is 2. The molecule has 2 unspecified atom stereocenters. The number of ether oxygens (including phenoxy) is 2. The molecular weight excluding hydrogens is 262 g/mol. The van der Waals surface area contributed by atoms with Gasteiger partial charge in [0.2, 0.25) is 0 Å². The van der Waals surface area contributed by atoms with Crippen LogP contribution in [0.4, 0.5) is 0 Å². The second-order valence-electron chi connectivity index (χ2n) is 5.79. The predicted molar refractivity (Wildman–Crippen MR) is 85.6 cm³/mol. The molecule has 1 fully saturated rings. The highest BCUT2D eigenvalue weighted by atomic mass is 16.5. The molecule has 1 aliphatic rings. The highest BCUT2D eigenvalue weighted by Gasteiger charge is 2.17. The third-order valence-corrected chi connectivity index (χ3v) is 4.09. The molecule has 2 atom stereocenters. The van der Waals surface area contributed by atoms with Crippen LogP contribution in [0.1, 0.15) is 37.8 Å². The van der Waals surface area contributed by atoms with Crippen LogP contribution >= 0.6 is 0 Å². The van der Waals surface area contributed by atoms with Crippen LogP contribution in [0.25, 0.3) is 10.8 Å². The Balaban J connectivity index is 1.88. The Hall–Kier alpha value is -1.58. The van der Waals surface area contributed by atoms with Crippen molar-refractivity contribution in [1.82, 2.24) is 0 Å². The number of hydrogen-bond acceptors (Lipinski definition) is 3. The number of hydrogen-bond donors (Lipinski definition) is 1. The summed E-state index contributed by atoms with van der Waals surface area (Å²) in [4.78, 5) is 0. The lowest BCUT2D eigenvalue weighted by atomic mass is 10.0. The second-order valence-corrected chi connectivity index (χ2v) is 5.79. The molecule has 0 aromatic heterocycles. The van der Waals surface area contributed by atoms with Crippen molar-refractivity contribution in [1.29, 1.82) is 0 Å². The fourth-order valence-corrected chi connectivity index (χ4v) is 2.89. The van der Waals surface area contributed by atoms with Crippen molar-refractivity contribution in [3.05, 3.63) is 42.0 Å². The van der Waals surface area contributed by atoms with Crippen LogP contribution in [0.5, 0.6) is 5.75 Å². The van der Waals surface area contributed by atoms with Crippen molar-refractivity contribution in [2.75, 3.05) is 13.2 Å². The van der Waals surface area contributed by atoms with E-state index in [1.807, 2.05) is 19.1 Å². The molecule has 3 rings (SSSR count). The summed E-state index contributed by atoms with van der Waals surface area (Å²) in [6.45, 7) is 3.45. The topological polar surface area (TPSA) is 44.5 Å². The molecule has 0 radical (unpaired) electrons. The molecule has 21 heavy (non-hydrogen) atoms. The molecule has 2 aromatic carbocycles. The monoisotopic (exact) mass is 285 g/mol. The molecule has 0 spiro atoms. The van der Waals surface area contributed by atoms with Crippen LogP contribution in [0.15, 0.2) is 36.4 Å². The van der Waals surface area contributed by atoms with E-state index in [1.165, 1.54) is 11.8 Å². The molecule has 0 bridgehead atoms. The SMILES string of the molecule is CC(N)c1ccc2ccccc2c1OCC1CCCCO1. The molecule has 1 aliphatic heterocycles. The average Bonchev–Trinajstić information content (AvgIpc) is 2.53. The van der Waals surface area contributed by atoms with Gasteiger partial charge in [0.05, 0.1) is 6.10 Å². The van der Waals surface area contributed by atoms with Gasteiger partial charge in [0.15, 0.2) is 0 Å². The summed E-state index contributed by atoms with van der Waals surface area (Å²) in [6.07, 6.45) is 3.68. The van der Waals surface area contributed by atoms with Crippen LogP contribution in [0.3, 0.4) is 0 Å². The molecule has 3 nitrogen and oxygen atoms in total. The summed E-state index contributed by atoms with van der Waals surface area (Å²) >= 11 is 0. The van der Waals surface area contributed by atoms with E-state index >= 15 is 0 Å². The van der Waals surface area contributed by atoms with Gasteiger partial charge in [-0.2, -0.15) is 0 Å². The van der Waals surface area contributed by atoms with Gasteiger partial charge in [0, 0.05) is 23.6 Å². The Morgan fingerprint density at radius 1 is 1.24 bits per heavy atom. The standard InChI is InChI=1S/C18H23NO2/c1-13(19)16-10-9-14-6-2-3-8-17(14)18(16)21-12-15-7-4-5-11-20-15/h2-3,6,8-10,13,15H,4-5,7,11-12,19H2,1H3. The summed E-state index contributed by atoms with van der Waals surface area (Å²) in [7, 11) is 0. The van der Waals surface area contributed by atoms with Gasteiger partial charge in [-0.05, 0) is 31.6 Å². The minimum atomic E-state index is -0.0446. The molecular formula is C18H23NO2. The van der Waals surface area contributed by atoms with Crippen LogP contribution < -0.4 is 10.5 Å². The second kappa shape index (κ2) is 6.46. The predicted octanol–water partition coefficient (Wildman–Crippen LogP) is 3.81. The van der Waals surface area contributed by atoms with Crippen LogP contribution in [-0.2, 0) is 4.74 Å². The maximum Gasteiger partial charge on any atom is 0.132 e. The van der Waals surface area contributed by atoms with Gasteiger partial charge in [0.25, 0.3) is 0 Å². The molecule has 0 amide bonds. The van der Waals surface area contributed by atoms with Crippen LogP contribution in [0, 0.1) is 0 Å². The third-order valence-electron chi connectivity index (χ3n) is 4.09. The van der Waals surface area contributed by atoms with Crippen molar-refractivity contribution in [3.8, 4) is 5.75 Å². The van der Waals surface area contributed by atoms with Gasteiger partial charge in [0.1, 0.15) is 12.4 Å². The zero-order valence-corrected chi connectivity index (χ0v) is 12.5. The normalized spacial score (nSPS) is 20.4. The molecule has 112 valence electrons. The lowest BCUT2D eigenvalue weighted by molar-refractivity contribution is -0.0109. The molecule has 1 heterocycles. The minimum absolute atomic E-state index is 0.0446. The summed E-state index contributed by atoms with van der Waals surface area (Å²) in [5.41, 5.74) is 7.16. The first-order valence-electron chi connectivity index (χ1n) is 7.77. The number of fused-ring (bicyclic) bond motifs is 1. The summed E-state index contributed by atoms with van der Waals surface area (Å²) in [6, 6.07) is 12.4. The molecule has 0 saturated carbocycles. The van der Waals surface area contributed by atoms with E-state index in [1.54, 1.807) is 0 Å². The first kappa shape index (κ1) is 14.4. The maximum absolute atomic E-state index is 6.15. The fourth-order valence-electron chi connectivity index (χ4n) is 2.89. The summed E-state index contributed by atoms with van der Waals surface area (Å²) in [5.74, 6) is 0.914. The van der Waals surface area contributed by atoms with Gasteiger partial charge >= 0.3 is 0 Å². The lowest BCUT2D eigenvalue weighted by Gasteiger charge is -2.24. The molecule has 2 aromatic rings. The van der Waals surface area contributed by atoms with Crippen LogP contribution in [-0.4, -0.2) is 19.3 Å². The molecule has 3 heteroatoms. The largest absolute Gasteiger partial charge is 0.490 e. The highest BCUT2D eigenvalue weighted by molar-refractivity contribution is 5.89. The Bertz CT molecular complexity index is 603. The van der Waals surface area contributed by atoms with E-state index in [0.29, 0.717) is 6.61 Å². The zero-order valence-electron chi connectivity index (χ0n) is 12.5. The quantitative estimate of drug-likeness (QED) is 0.929. The van der Waals surface area contributed by atoms with Gasteiger partial charge in [-0.25, -0.2) is 0 Å². The average molecular weight is 285 g/mol. The van der Waals surface area contributed by atoms with Gasteiger partial charge < -0.3 is 15.2 Å². The Kier molecular flexibility index (Phi) is 4.42. The lowest BCUT2D eigenvalue weighted by Crippen LogP contribution is -2.26.